The third-order valence-electron chi connectivity index (χ3n) is 2.94. The van der Waals surface area contributed by atoms with Crippen LogP contribution in [0.1, 0.15) is 12.0 Å². The zero-order valence-electron chi connectivity index (χ0n) is 9.51. The molecule has 0 aromatic heterocycles. The van der Waals surface area contributed by atoms with E-state index in [-0.39, 0.29) is 6.73 Å². The van der Waals surface area contributed by atoms with Gasteiger partial charge in [0.1, 0.15) is 0 Å². The van der Waals surface area contributed by atoms with Gasteiger partial charge in [0.15, 0.2) is 0 Å². The van der Waals surface area contributed by atoms with Gasteiger partial charge in [0.25, 0.3) is 7.48 Å². The average molecular weight is 217 g/mol. The highest BCUT2D eigenvalue weighted by Crippen LogP contribution is 2.22. The molecular weight excluding hydrogens is 199 g/mol. The van der Waals surface area contributed by atoms with Crippen LogP contribution in [0.15, 0.2) is 30.3 Å². The number of rotatable bonds is 5. The molecule has 0 aliphatic carbocycles. The molecule has 2 N–H and O–H groups in total. The van der Waals surface area contributed by atoms with Crippen LogP contribution in [0, 0.1) is 0 Å². The van der Waals surface area contributed by atoms with Gasteiger partial charge in [-0.3, -0.25) is 4.90 Å². The Kier molecular flexibility index (Phi) is 4.39. The molecule has 1 aromatic rings. The minimum Gasteiger partial charge on any atom is -0.428 e. The molecule has 85 valence electrons. The highest BCUT2D eigenvalue weighted by atomic mass is 16.4. The van der Waals surface area contributed by atoms with E-state index in [9.17, 15) is 0 Å². The Labute approximate surface area is 97.9 Å². The summed E-state index contributed by atoms with van der Waals surface area (Å²) in [5, 5.41) is 0. The van der Waals surface area contributed by atoms with Gasteiger partial charge in [-0.05, 0) is 30.9 Å². The van der Waals surface area contributed by atoms with Gasteiger partial charge in [0, 0.05) is 6.54 Å². The molecule has 16 heavy (non-hydrogen) atoms. The smallest absolute Gasteiger partial charge is 0.298 e. The van der Waals surface area contributed by atoms with E-state index in [2.05, 4.69) is 35.2 Å². The average Bonchev–Trinajstić information content (AvgIpc) is 2.75. The van der Waals surface area contributed by atoms with Crippen molar-refractivity contribution in [2.45, 2.75) is 18.8 Å². The molecule has 1 radical (unpaired) electrons. The van der Waals surface area contributed by atoms with Crippen molar-refractivity contribution in [1.29, 1.82) is 0 Å². The van der Waals surface area contributed by atoms with E-state index in [4.69, 9.17) is 10.4 Å². The fraction of sp³-hybridized carbons (Fsp3) is 0.500. The predicted octanol–water partition coefficient (Wildman–Crippen LogP) is 1.23. The Morgan fingerprint density at radius 2 is 2.19 bits per heavy atom. The summed E-state index contributed by atoms with van der Waals surface area (Å²) < 4.78 is 5.14. The maximum absolute atomic E-state index is 5.30. The van der Waals surface area contributed by atoms with E-state index < -0.39 is 0 Å². The summed E-state index contributed by atoms with van der Waals surface area (Å²) in [6.07, 6.45) is 1.17. The summed E-state index contributed by atoms with van der Waals surface area (Å²) in [5.41, 5.74) is 6.68. The maximum atomic E-state index is 5.30. The van der Waals surface area contributed by atoms with Crippen molar-refractivity contribution in [3.05, 3.63) is 35.9 Å². The molecule has 4 heteroatoms. The highest BCUT2D eigenvalue weighted by molar-refractivity contribution is 6.29. The zero-order chi connectivity index (χ0) is 11.2. The van der Waals surface area contributed by atoms with E-state index in [1.165, 1.54) is 12.0 Å². The molecule has 2 rings (SSSR count). The topological polar surface area (TPSA) is 38.5 Å². The minimum atomic E-state index is 0.287. The van der Waals surface area contributed by atoms with E-state index in [1.54, 1.807) is 0 Å². The lowest BCUT2D eigenvalue weighted by Crippen LogP contribution is -2.21. The van der Waals surface area contributed by atoms with E-state index >= 15 is 0 Å². The lowest BCUT2D eigenvalue weighted by molar-refractivity contribution is 0.319. The van der Waals surface area contributed by atoms with Crippen LogP contribution in [0.5, 0.6) is 0 Å². The second kappa shape index (κ2) is 6.04. The lowest BCUT2D eigenvalue weighted by Gasteiger charge is -2.15. The van der Waals surface area contributed by atoms with Crippen LogP contribution in [0.4, 0.5) is 0 Å². The van der Waals surface area contributed by atoms with Gasteiger partial charge >= 0.3 is 0 Å². The molecular formula is C12H18BN2O. The minimum absolute atomic E-state index is 0.287. The van der Waals surface area contributed by atoms with Gasteiger partial charge in [0.2, 0.25) is 0 Å². The third-order valence-corrected chi connectivity index (χ3v) is 2.94. The second-order valence-electron chi connectivity index (χ2n) is 4.24. The lowest BCUT2D eigenvalue weighted by atomic mass is 9.79. The molecule has 1 aromatic carbocycles. The summed E-state index contributed by atoms with van der Waals surface area (Å²) in [6, 6.07) is 10.6. The Hall–Kier alpha value is -0.835. The number of hydrogen-bond donors (Lipinski definition) is 1. The van der Waals surface area contributed by atoms with Gasteiger partial charge in [-0.25, -0.2) is 0 Å². The molecule has 0 bridgehead atoms. The normalized spacial score (nSPS) is 21.2. The number of nitrogens with two attached hydrogens (primary N) is 1. The Balaban J connectivity index is 1.76. The summed E-state index contributed by atoms with van der Waals surface area (Å²) in [4.78, 5) is 2.45. The van der Waals surface area contributed by atoms with Gasteiger partial charge in [-0.2, -0.15) is 0 Å². The van der Waals surface area contributed by atoms with Crippen LogP contribution in [-0.2, 0) is 11.2 Å². The molecule has 1 saturated heterocycles. The van der Waals surface area contributed by atoms with Crippen molar-refractivity contribution in [3.8, 4) is 0 Å². The summed E-state index contributed by atoms with van der Waals surface area (Å²) in [5.74, 6) is 0.535. The monoisotopic (exact) mass is 217 g/mol. The SMILES string of the molecule is NCO[B][C@@H]1CCN(Cc2ccccc2)C1. The van der Waals surface area contributed by atoms with E-state index in [0.29, 0.717) is 5.82 Å². The fourth-order valence-electron chi connectivity index (χ4n) is 2.15. The van der Waals surface area contributed by atoms with Gasteiger partial charge in [-0.15, -0.1) is 0 Å². The Bertz CT molecular complexity index is 307. The molecule has 1 heterocycles. The van der Waals surface area contributed by atoms with Gasteiger partial charge in [0.05, 0.1) is 6.73 Å². The molecule has 1 aliphatic heterocycles. The standard InChI is InChI=1S/C12H18BN2O/c14-10-16-13-12-6-7-15(9-12)8-11-4-2-1-3-5-11/h1-5,12H,6-10,14H2/t12-/m1/s1. The number of hydrogen-bond acceptors (Lipinski definition) is 3. The van der Waals surface area contributed by atoms with E-state index in [1.807, 2.05) is 7.48 Å². The van der Waals surface area contributed by atoms with Crippen LogP contribution in [0.2, 0.25) is 5.82 Å². The van der Waals surface area contributed by atoms with Crippen LogP contribution in [0.3, 0.4) is 0 Å². The van der Waals surface area contributed by atoms with Gasteiger partial charge in [-0.1, -0.05) is 30.3 Å². The Morgan fingerprint density at radius 1 is 1.38 bits per heavy atom. The predicted molar refractivity (Wildman–Crippen MR) is 66.0 cm³/mol. The molecule has 1 fully saturated rings. The number of likely N-dealkylation sites (tertiary alicyclic amines) is 1. The summed E-state index contributed by atoms with van der Waals surface area (Å²) in [6.45, 7) is 3.54. The van der Waals surface area contributed by atoms with Crippen molar-refractivity contribution < 1.29 is 4.65 Å². The van der Waals surface area contributed by atoms with Crippen molar-refractivity contribution >= 4 is 7.48 Å². The molecule has 0 saturated carbocycles. The molecule has 3 nitrogen and oxygen atoms in total. The van der Waals surface area contributed by atoms with Crippen molar-refractivity contribution in [2.24, 2.45) is 5.73 Å². The first-order valence-corrected chi connectivity index (χ1v) is 5.80. The highest BCUT2D eigenvalue weighted by Gasteiger charge is 2.23. The molecule has 0 spiro atoms. The third kappa shape index (κ3) is 3.34. The quantitative estimate of drug-likeness (QED) is 0.595. The van der Waals surface area contributed by atoms with Crippen molar-refractivity contribution in [1.82, 2.24) is 4.90 Å². The maximum Gasteiger partial charge on any atom is 0.298 e. The largest absolute Gasteiger partial charge is 0.428 e. The van der Waals surface area contributed by atoms with Gasteiger partial charge < -0.3 is 10.4 Å². The first-order valence-electron chi connectivity index (χ1n) is 5.80. The summed E-state index contributed by atoms with van der Waals surface area (Å²) in [7, 11) is 1.89. The first-order chi connectivity index (χ1) is 7.88. The van der Waals surface area contributed by atoms with Crippen molar-refractivity contribution in [3.63, 3.8) is 0 Å². The molecule has 0 unspecified atom stereocenters. The van der Waals surface area contributed by atoms with Crippen molar-refractivity contribution in [2.75, 3.05) is 19.8 Å². The first kappa shape index (κ1) is 11.6. The van der Waals surface area contributed by atoms with Crippen LogP contribution in [0.25, 0.3) is 0 Å². The second-order valence-corrected chi connectivity index (χ2v) is 4.24. The Morgan fingerprint density at radius 3 is 2.94 bits per heavy atom. The van der Waals surface area contributed by atoms with Crippen LogP contribution in [-0.4, -0.2) is 32.2 Å². The fourth-order valence-corrected chi connectivity index (χ4v) is 2.15. The van der Waals surface area contributed by atoms with Crippen LogP contribution >= 0.6 is 0 Å². The number of nitrogens with zero attached hydrogens (tertiary/aromatic N) is 1. The van der Waals surface area contributed by atoms with Crippen LogP contribution < -0.4 is 5.73 Å². The van der Waals surface area contributed by atoms with E-state index in [0.717, 1.165) is 19.6 Å². The molecule has 1 aliphatic rings. The molecule has 0 amide bonds. The zero-order valence-corrected chi connectivity index (χ0v) is 9.51. The molecule has 1 atom stereocenters. The number of benzene rings is 1. The summed E-state index contributed by atoms with van der Waals surface area (Å²) >= 11 is 0.